The molecule has 0 radical (unpaired) electrons. The fraction of sp³-hybridized carbons (Fsp3) is 0.429. The van der Waals surface area contributed by atoms with Crippen LogP contribution in [0.4, 0.5) is 0 Å². The fourth-order valence-electron chi connectivity index (χ4n) is 1.82. The van der Waals surface area contributed by atoms with Gasteiger partial charge in [0.2, 0.25) is 0 Å². The first kappa shape index (κ1) is 15.0. The van der Waals surface area contributed by atoms with E-state index in [1.165, 1.54) is 0 Å². The first-order valence-corrected chi connectivity index (χ1v) is 7.38. The van der Waals surface area contributed by atoms with Gasteiger partial charge in [-0.2, -0.15) is 4.98 Å². The maximum atomic E-state index is 5.94. The first-order valence-electron chi connectivity index (χ1n) is 6.59. The number of hydrogen-bond donors (Lipinski definition) is 1. The van der Waals surface area contributed by atoms with Crippen LogP contribution < -0.4 is 10.5 Å². The third-order valence-corrected chi connectivity index (χ3v) is 3.29. The van der Waals surface area contributed by atoms with Gasteiger partial charge < -0.3 is 15.0 Å². The molecule has 0 spiro atoms. The van der Waals surface area contributed by atoms with Crippen molar-refractivity contribution >= 4 is 15.9 Å². The lowest BCUT2D eigenvalue weighted by atomic mass is 10.1. The highest BCUT2D eigenvalue weighted by Crippen LogP contribution is 2.28. The summed E-state index contributed by atoms with van der Waals surface area (Å²) in [5, 5.41) is 3.89. The van der Waals surface area contributed by atoms with Gasteiger partial charge in [0, 0.05) is 22.5 Å². The standard InChI is InChI=1S/C14H18BrN3O2/c1-3-4-13-17-14(20-18-13)8-19-12-6-5-10(15)7-11(12)9(2)16/h5-7,9H,3-4,8,16H2,1-2H3/t9-/m0/s1. The molecular formula is C14H18BrN3O2. The van der Waals surface area contributed by atoms with E-state index in [1.54, 1.807) is 0 Å². The van der Waals surface area contributed by atoms with Gasteiger partial charge in [-0.05, 0) is 31.5 Å². The average molecular weight is 340 g/mol. The Morgan fingerprint density at radius 1 is 1.45 bits per heavy atom. The number of benzene rings is 1. The Labute approximate surface area is 126 Å². The number of hydrogen-bond acceptors (Lipinski definition) is 5. The second-order valence-electron chi connectivity index (χ2n) is 4.61. The van der Waals surface area contributed by atoms with E-state index in [2.05, 4.69) is 33.0 Å². The Balaban J connectivity index is 2.06. The highest BCUT2D eigenvalue weighted by Gasteiger charge is 2.11. The zero-order valence-electron chi connectivity index (χ0n) is 11.6. The van der Waals surface area contributed by atoms with Crippen molar-refractivity contribution in [2.45, 2.75) is 39.3 Å². The zero-order valence-corrected chi connectivity index (χ0v) is 13.2. The van der Waals surface area contributed by atoms with E-state index in [4.69, 9.17) is 15.0 Å². The van der Waals surface area contributed by atoms with E-state index in [1.807, 2.05) is 25.1 Å². The summed E-state index contributed by atoms with van der Waals surface area (Å²) in [7, 11) is 0. The summed E-state index contributed by atoms with van der Waals surface area (Å²) in [6.07, 6.45) is 1.80. The molecule has 1 atom stereocenters. The fourth-order valence-corrected chi connectivity index (χ4v) is 2.20. The van der Waals surface area contributed by atoms with Crippen LogP contribution in [0.25, 0.3) is 0 Å². The van der Waals surface area contributed by atoms with Crippen molar-refractivity contribution in [3.05, 3.63) is 40.0 Å². The first-order chi connectivity index (χ1) is 9.60. The van der Waals surface area contributed by atoms with Crippen molar-refractivity contribution in [3.63, 3.8) is 0 Å². The van der Waals surface area contributed by atoms with Crippen LogP contribution in [-0.4, -0.2) is 10.1 Å². The van der Waals surface area contributed by atoms with Crippen LogP contribution in [0.2, 0.25) is 0 Å². The Hall–Kier alpha value is -1.40. The third kappa shape index (κ3) is 3.80. The molecule has 108 valence electrons. The summed E-state index contributed by atoms with van der Waals surface area (Å²) in [5.41, 5.74) is 6.88. The molecule has 2 aromatic rings. The SMILES string of the molecule is CCCc1noc(COc2ccc(Br)cc2[C@H](C)N)n1. The quantitative estimate of drug-likeness (QED) is 0.873. The number of halogens is 1. The molecule has 0 fully saturated rings. The second-order valence-corrected chi connectivity index (χ2v) is 5.53. The maximum Gasteiger partial charge on any atom is 0.264 e. The molecule has 20 heavy (non-hydrogen) atoms. The lowest BCUT2D eigenvalue weighted by Crippen LogP contribution is -2.08. The molecule has 6 heteroatoms. The minimum Gasteiger partial charge on any atom is -0.483 e. The molecule has 0 unspecified atom stereocenters. The van der Waals surface area contributed by atoms with Gasteiger partial charge in [0.05, 0.1) is 0 Å². The Bertz CT molecular complexity index is 569. The van der Waals surface area contributed by atoms with Gasteiger partial charge in [-0.25, -0.2) is 0 Å². The summed E-state index contributed by atoms with van der Waals surface area (Å²) in [4.78, 5) is 4.26. The van der Waals surface area contributed by atoms with Crippen molar-refractivity contribution in [2.24, 2.45) is 5.73 Å². The van der Waals surface area contributed by atoms with Gasteiger partial charge in [-0.1, -0.05) is 28.0 Å². The van der Waals surface area contributed by atoms with Crippen molar-refractivity contribution in [2.75, 3.05) is 0 Å². The molecule has 0 amide bonds. The van der Waals surface area contributed by atoms with Crippen molar-refractivity contribution in [1.29, 1.82) is 0 Å². The molecule has 2 rings (SSSR count). The molecule has 0 aliphatic rings. The van der Waals surface area contributed by atoms with Crippen LogP contribution in [0.1, 0.15) is 43.6 Å². The predicted molar refractivity (Wildman–Crippen MR) is 79.4 cm³/mol. The zero-order chi connectivity index (χ0) is 14.5. The number of aromatic nitrogens is 2. The maximum absolute atomic E-state index is 5.94. The number of nitrogens with zero attached hydrogens (tertiary/aromatic N) is 2. The minimum absolute atomic E-state index is 0.110. The summed E-state index contributed by atoms with van der Waals surface area (Å²) in [6.45, 7) is 4.24. The largest absolute Gasteiger partial charge is 0.483 e. The highest BCUT2D eigenvalue weighted by molar-refractivity contribution is 9.10. The normalized spacial score (nSPS) is 12.4. The van der Waals surface area contributed by atoms with Crippen molar-refractivity contribution < 1.29 is 9.26 Å². The predicted octanol–water partition coefficient (Wildman–Crippen LogP) is 3.38. The van der Waals surface area contributed by atoms with Crippen LogP contribution in [0.3, 0.4) is 0 Å². The van der Waals surface area contributed by atoms with Crippen LogP contribution in [0.5, 0.6) is 5.75 Å². The number of aryl methyl sites for hydroxylation is 1. The smallest absolute Gasteiger partial charge is 0.264 e. The van der Waals surface area contributed by atoms with E-state index < -0.39 is 0 Å². The molecular weight excluding hydrogens is 322 g/mol. The van der Waals surface area contributed by atoms with E-state index in [-0.39, 0.29) is 12.6 Å². The summed E-state index contributed by atoms with van der Waals surface area (Å²) in [5.74, 6) is 1.93. The van der Waals surface area contributed by atoms with Crippen LogP contribution in [0, 0.1) is 0 Å². The molecule has 0 saturated carbocycles. The molecule has 1 aromatic carbocycles. The molecule has 0 aliphatic heterocycles. The monoisotopic (exact) mass is 339 g/mol. The van der Waals surface area contributed by atoms with E-state index in [0.717, 1.165) is 28.6 Å². The van der Waals surface area contributed by atoms with Crippen LogP contribution in [0.15, 0.2) is 27.2 Å². The number of nitrogens with two attached hydrogens (primary N) is 1. The average Bonchev–Trinajstić information content (AvgIpc) is 2.85. The van der Waals surface area contributed by atoms with E-state index >= 15 is 0 Å². The summed E-state index contributed by atoms with van der Waals surface area (Å²) < 4.78 is 11.8. The molecule has 0 aliphatic carbocycles. The Kier molecular flexibility index (Phi) is 5.14. The Morgan fingerprint density at radius 2 is 2.25 bits per heavy atom. The van der Waals surface area contributed by atoms with Gasteiger partial charge in [0.1, 0.15) is 5.75 Å². The summed E-state index contributed by atoms with van der Waals surface area (Å²) in [6, 6.07) is 5.64. The molecule has 0 saturated heterocycles. The molecule has 1 aromatic heterocycles. The van der Waals surface area contributed by atoms with E-state index in [9.17, 15) is 0 Å². The van der Waals surface area contributed by atoms with Crippen molar-refractivity contribution in [1.82, 2.24) is 10.1 Å². The number of rotatable bonds is 6. The van der Waals surface area contributed by atoms with Gasteiger partial charge in [-0.3, -0.25) is 0 Å². The van der Waals surface area contributed by atoms with Crippen molar-refractivity contribution in [3.8, 4) is 5.75 Å². The van der Waals surface area contributed by atoms with Crippen LogP contribution in [-0.2, 0) is 13.0 Å². The molecule has 5 nitrogen and oxygen atoms in total. The lowest BCUT2D eigenvalue weighted by Gasteiger charge is -2.13. The number of ether oxygens (including phenoxy) is 1. The third-order valence-electron chi connectivity index (χ3n) is 2.80. The second kappa shape index (κ2) is 6.85. The van der Waals surface area contributed by atoms with E-state index in [0.29, 0.717) is 11.7 Å². The topological polar surface area (TPSA) is 74.2 Å². The van der Waals surface area contributed by atoms with Gasteiger partial charge in [0.15, 0.2) is 12.4 Å². The summed E-state index contributed by atoms with van der Waals surface area (Å²) >= 11 is 3.43. The van der Waals surface area contributed by atoms with Crippen LogP contribution >= 0.6 is 15.9 Å². The van der Waals surface area contributed by atoms with Gasteiger partial charge in [-0.15, -0.1) is 0 Å². The minimum atomic E-state index is -0.110. The molecule has 1 heterocycles. The van der Waals surface area contributed by atoms with Gasteiger partial charge in [0.25, 0.3) is 5.89 Å². The van der Waals surface area contributed by atoms with Gasteiger partial charge >= 0.3 is 0 Å². The Morgan fingerprint density at radius 3 is 2.95 bits per heavy atom. The lowest BCUT2D eigenvalue weighted by molar-refractivity contribution is 0.240. The molecule has 0 bridgehead atoms. The molecule has 2 N–H and O–H groups in total. The highest BCUT2D eigenvalue weighted by atomic mass is 79.9.